The molecule has 0 aliphatic heterocycles. The lowest BCUT2D eigenvalue weighted by Crippen LogP contribution is -2.29. The quantitative estimate of drug-likeness (QED) is 0.793. The number of thiophene rings is 1. The van der Waals surface area contributed by atoms with Crippen LogP contribution in [-0.4, -0.2) is 45.4 Å². The molecule has 0 spiro atoms. The highest BCUT2D eigenvalue weighted by Crippen LogP contribution is 2.21. The van der Waals surface area contributed by atoms with Gasteiger partial charge in [-0.25, -0.2) is 9.78 Å². The molecule has 8 nitrogen and oxygen atoms in total. The molecule has 21 heavy (non-hydrogen) atoms. The molecule has 2 rings (SSSR count). The van der Waals surface area contributed by atoms with E-state index in [9.17, 15) is 14.4 Å². The summed E-state index contributed by atoms with van der Waals surface area (Å²) in [5.74, 6) is -2.19. The Morgan fingerprint density at radius 3 is 2.71 bits per heavy atom. The number of aromatic nitrogens is 2. The van der Waals surface area contributed by atoms with E-state index in [1.54, 1.807) is 0 Å². The number of fused-ring (bicyclic) bond motifs is 1. The Labute approximate surface area is 122 Å². The predicted octanol–water partition coefficient (Wildman–Crippen LogP) is 0.430. The maximum Gasteiger partial charge on any atom is 0.337 e. The van der Waals surface area contributed by atoms with Crippen molar-refractivity contribution in [3.63, 3.8) is 0 Å². The largest absolute Gasteiger partial charge is 0.480 e. The van der Waals surface area contributed by atoms with Crippen LogP contribution in [0.4, 0.5) is 0 Å². The number of carboxylic acid groups (broad SMARTS) is 2. The molecule has 0 radical (unpaired) electrons. The van der Waals surface area contributed by atoms with Crippen LogP contribution >= 0.6 is 11.3 Å². The zero-order chi connectivity index (χ0) is 15.6. The molecule has 112 valence electrons. The summed E-state index contributed by atoms with van der Waals surface area (Å²) in [6.45, 7) is -0.301. The van der Waals surface area contributed by atoms with Gasteiger partial charge >= 0.3 is 11.9 Å². The van der Waals surface area contributed by atoms with E-state index >= 15 is 0 Å². The van der Waals surface area contributed by atoms with Gasteiger partial charge in [-0.3, -0.25) is 14.2 Å². The van der Waals surface area contributed by atoms with Gasteiger partial charge in [0.2, 0.25) is 0 Å². The zero-order valence-electron chi connectivity index (χ0n) is 11.0. The van der Waals surface area contributed by atoms with Gasteiger partial charge in [0.25, 0.3) is 5.56 Å². The average molecular weight is 312 g/mol. The number of nitrogens with zero attached hydrogens (tertiary/aromatic N) is 2. The number of rotatable bonds is 6. The van der Waals surface area contributed by atoms with E-state index in [1.807, 2.05) is 0 Å². The lowest BCUT2D eigenvalue weighted by molar-refractivity contribution is -0.137. The maximum absolute atomic E-state index is 12.4. The topological polar surface area (TPSA) is 119 Å². The van der Waals surface area contributed by atoms with Crippen molar-refractivity contribution >= 4 is 33.5 Å². The maximum atomic E-state index is 12.4. The van der Waals surface area contributed by atoms with Crippen molar-refractivity contribution in [2.75, 3.05) is 13.7 Å². The number of ether oxygens (including phenoxy) is 1. The van der Waals surface area contributed by atoms with E-state index in [2.05, 4.69) is 4.98 Å². The highest BCUT2D eigenvalue weighted by Gasteiger charge is 2.20. The number of aromatic carboxylic acids is 1. The molecule has 0 aliphatic rings. The van der Waals surface area contributed by atoms with Crippen LogP contribution in [-0.2, 0) is 22.5 Å². The van der Waals surface area contributed by atoms with Gasteiger partial charge in [0.15, 0.2) is 0 Å². The van der Waals surface area contributed by atoms with Crippen LogP contribution in [0.15, 0.2) is 10.2 Å². The Hall–Kier alpha value is -2.26. The summed E-state index contributed by atoms with van der Waals surface area (Å²) in [6, 6.07) is 0. The third kappa shape index (κ3) is 2.93. The highest BCUT2D eigenvalue weighted by atomic mass is 32.1. The summed E-state index contributed by atoms with van der Waals surface area (Å²) in [6.07, 6.45) is 0.259. The Balaban J connectivity index is 2.70. The molecule has 0 saturated carbocycles. The Kier molecular flexibility index (Phi) is 4.34. The van der Waals surface area contributed by atoms with Crippen LogP contribution < -0.4 is 5.56 Å². The van der Waals surface area contributed by atoms with E-state index in [1.165, 1.54) is 12.5 Å². The highest BCUT2D eigenvalue weighted by molar-refractivity contribution is 7.17. The van der Waals surface area contributed by atoms with Gasteiger partial charge in [0.1, 0.15) is 17.2 Å². The zero-order valence-corrected chi connectivity index (χ0v) is 11.8. The molecule has 2 N–H and O–H groups in total. The van der Waals surface area contributed by atoms with E-state index < -0.39 is 24.0 Å². The number of hydrogen-bond acceptors (Lipinski definition) is 6. The van der Waals surface area contributed by atoms with Gasteiger partial charge in [0, 0.05) is 18.9 Å². The Morgan fingerprint density at radius 2 is 2.14 bits per heavy atom. The summed E-state index contributed by atoms with van der Waals surface area (Å²) in [7, 11) is 1.48. The molecule has 2 aromatic rings. The Bertz CT molecular complexity index is 763. The fourth-order valence-electron chi connectivity index (χ4n) is 1.91. The van der Waals surface area contributed by atoms with Gasteiger partial charge in [-0.05, 0) is 0 Å². The van der Waals surface area contributed by atoms with Gasteiger partial charge in [-0.15, -0.1) is 11.3 Å². The van der Waals surface area contributed by atoms with Crippen molar-refractivity contribution in [2.45, 2.75) is 13.0 Å². The van der Waals surface area contributed by atoms with Crippen LogP contribution in [0.5, 0.6) is 0 Å². The van der Waals surface area contributed by atoms with Crippen molar-refractivity contribution in [1.29, 1.82) is 0 Å². The Morgan fingerprint density at radius 1 is 1.43 bits per heavy atom. The summed E-state index contributed by atoms with van der Waals surface area (Å²) >= 11 is 1.04. The van der Waals surface area contributed by atoms with Gasteiger partial charge in [-0.1, -0.05) is 0 Å². The molecular weight excluding hydrogens is 300 g/mol. The van der Waals surface area contributed by atoms with Crippen molar-refractivity contribution in [2.24, 2.45) is 0 Å². The molecule has 0 saturated heterocycles. The fraction of sp³-hybridized carbons (Fsp3) is 0.333. The number of methoxy groups -OCH3 is 1. The molecule has 2 aromatic heterocycles. The first kappa shape index (κ1) is 15.1. The monoisotopic (exact) mass is 312 g/mol. The molecular formula is C12H12N2O6S. The number of hydrogen-bond donors (Lipinski definition) is 2. The molecule has 2 heterocycles. The van der Waals surface area contributed by atoms with Gasteiger partial charge in [0.05, 0.1) is 17.6 Å². The van der Waals surface area contributed by atoms with E-state index in [4.69, 9.17) is 14.9 Å². The van der Waals surface area contributed by atoms with Crippen LogP contribution in [0.1, 0.15) is 16.2 Å². The van der Waals surface area contributed by atoms with E-state index in [0.717, 1.165) is 15.9 Å². The van der Waals surface area contributed by atoms with Crippen LogP contribution in [0, 0.1) is 0 Å². The van der Waals surface area contributed by atoms with Gasteiger partial charge < -0.3 is 14.9 Å². The van der Waals surface area contributed by atoms with Crippen LogP contribution in [0.2, 0.25) is 0 Å². The second-order valence-electron chi connectivity index (χ2n) is 4.19. The summed E-state index contributed by atoms with van der Waals surface area (Å²) in [5, 5.41) is 19.2. The van der Waals surface area contributed by atoms with Gasteiger partial charge in [-0.2, -0.15) is 0 Å². The normalized spacial score (nSPS) is 10.9. The molecule has 0 unspecified atom stereocenters. The molecule has 0 aliphatic carbocycles. The third-order valence-electron chi connectivity index (χ3n) is 2.83. The molecule has 9 heteroatoms. The molecule has 0 bridgehead atoms. The number of carboxylic acids is 2. The van der Waals surface area contributed by atoms with Crippen molar-refractivity contribution in [3.8, 4) is 0 Å². The SMILES string of the molecule is COCCc1nc2scc(C(=O)O)c2c(=O)n1CC(=O)O. The minimum absolute atomic E-state index is 0.0603. The number of aliphatic carboxylic acids is 1. The second kappa shape index (κ2) is 6.02. The molecule has 0 amide bonds. The first-order valence-electron chi connectivity index (χ1n) is 5.90. The lowest BCUT2D eigenvalue weighted by atomic mass is 10.2. The smallest absolute Gasteiger partial charge is 0.337 e. The van der Waals surface area contributed by atoms with Crippen molar-refractivity contribution in [3.05, 3.63) is 27.1 Å². The molecule has 0 fully saturated rings. The average Bonchev–Trinajstić information content (AvgIpc) is 2.83. The van der Waals surface area contributed by atoms with Crippen LogP contribution in [0.25, 0.3) is 10.2 Å². The first-order valence-corrected chi connectivity index (χ1v) is 6.78. The second-order valence-corrected chi connectivity index (χ2v) is 5.05. The lowest BCUT2D eigenvalue weighted by Gasteiger charge is -2.10. The van der Waals surface area contributed by atoms with Crippen molar-refractivity contribution in [1.82, 2.24) is 9.55 Å². The first-order chi connectivity index (χ1) is 9.95. The van der Waals surface area contributed by atoms with Crippen LogP contribution in [0.3, 0.4) is 0 Å². The van der Waals surface area contributed by atoms with E-state index in [-0.39, 0.29) is 34.6 Å². The standard InChI is InChI=1S/C12H12N2O6S/c1-20-3-2-7-13-10-9(6(5-21-10)12(18)19)11(17)14(7)4-8(15)16/h5H,2-4H2,1H3,(H,15,16)(H,18,19). The fourth-order valence-corrected chi connectivity index (χ4v) is 2.83. The summed E-state index contributed by atoms with van der Waals surface area (Å²) < 4.78 is 5.88. The van der Waals surface area contributed by atoms with Crippen molar-refractivity contribution < 1.29 is 24.5 Å². The molecule has 0 atom stereocenters. The number of carbonyl (C=O) groups is 2. The third-order valence-corrected chi connectivity index (χ3v) is 3.70. The van der Waals surface area contributed by atoms with E-state index in [0.29, 0.717) is 0 Å². The predicted molar refractivity (Wildman–Crippen MR) is 74.1 cm³/mol. The minimum Gasteiger partial charge on any atom is -0.480 e. The minimum atomic E-state index is -1.24. The summed E-state index contributed by atoms with van der Waals surface area (Å²) in [4.78, 5) is 38.9. The molecule has 0 aromatic carbocycles. The summed E-state index contributed by atoms with van der Waals surface area (Å²) in [5.41, 5.74) is -0.822.